The SMILES string of the molecule is COc1cc(C#N)cc2[nH]c(-c3c(N)ncc(-c4cccc(F)c4)c3N3CC[C@@H]4NCCO[C@H]4C3)nc12. The standard InChI is InChI=1S/C27H26FN7O2/c1-36-21-10-15(12-29)9-20-24(21)34-27(33-20)23-25(35-7-5-19-22(14-35)37-8-6-31-19)18(13-32-26(23)30)16-3-2-4-17(28)11-16/h2-4,9-11,13,19,22,31H,5-8,14H2,1H3,(H2,30,32)(H,33,34)/t19-,22-/m0/s1. The summed E-state index contributed by atoms with van der Waals surface area (Å²) < 4.78 is 25.9. The molecule has 2 saturated heterocycles. The molecule has 6 rings (SSSR count). The number of hydrogen-bond acceptors (Lipinski definition) is 8. The van der Waals surface area contributed by atoms with Gasteiger partial charge in [0, 0.05) is 43.5 Å². The van der Waals surface area contributed by atoms with Crippen LogP contribution < -0.4 is 20.7 Å². The molecular weight excluding hydrogens is 473 g/mol. The maximum atomic E-state index is 14.3. The van der Waals surface area contributed by atoms with Crippen molar-refractivity contribution in [1.29, 1.82) is 5.26 Å². The monoisotopic (exact) mass is 499 g/mol. The average molecular weight is 500 g/mol. The molecule has 2 aliphatic rings. The summed E-state index contributed by atoms with van der Waals surface area (Å²) in [7, 11) is 1.54. The molecule has 0 saturated carbocycles. The van der Waals surface area contributed by atoms with Crippen LogP contribution in [0.3, 0.4) is 0 Å². The molecule has 4 aromatic rings. The van der Waals surface area contributed by atoms with Gasteiger partial charge in [-0.25, -0.2) is 14.4 Å². The summed E-state index contributed by atoms with van der Waals surface area (Å²) in [4.78, 5) is 14.9. The van der Waals surface area contributed by atoms with Gasteiger partial charge in [-0.15, -0.1) is 0 Å². The minimum Gasteiger partial charge on any atom is -0.494 e. The molecule has 0 bridgehead atoms. The van der Waals surface area contributed by atoms with E-state index in [1.165, 1.54) is 12.1 Å². The predicted octanol–water partition coefficient (Wildman–Crippen LogP) is 3.46. The number of hydrogen-bond donors (Lipinski definition) is 3. The Hall–Kier alpha value is -4.20. The highest BCUT2D eigenvalue weighted by Crippen LogP contribution is 2.43. The quantitative estimate of drug-likeness (QED) is 0.390. The number of nitrogens with zero attached hydrogens (tertiary/aromatic N) is 4. The summed E-state index contributed by atoms with van der Waals surface area (Å²) in [5.41, 5.74) is 11.0. The average Bonchev–Trinajstić information content (AvgIpc) is 3.35. The van der Waals surface area contributed by atoms with Gasteiger partial charge in [0.15, 0.2) is 0 Å². The first-order valence-corrected chi connectivity index (χ1v) is 12.2. The number of rotatable bonds is 4. The van der Waals surface area contributed by atoms with Crippen LogP contribution in [0, 0.1) is 17.1 Å². The summed E-state index contributed by atoms with van der Waals surface area (Å²) in [6.45, 7) is 2.88. The third-order valence-corrected chi connectivity index (χ3v) is 7.07. The first kappa shape index (κ1) is 23.2. The van der Waals surface area contributed by atoms with Gasteiger partial charge >= 0.3 is 0 Å². The van der Waals surface area contributed by atoms with E-state index in [1.54, 1.807) is 31.5 Å². The molecule has 0 spiro atoms. The van der Waals surface area contributed by atoms with Crippen molar-refractivity contribution in [1.82, 2.24) is 20.3 Å². The summed E-state index contributed by atoms with van der Waals surface area (Å²) in [5.74, 6) is 0.927. The first-order valence-electron chi connectivity index (χ1n) is 12.2. The number of nitrogens with two attached hydrogens (primary N) is 1. The van der Waals surface area contributed by atoms with Crippen molar-refractivity contribution in [3.05, 3.63) is 54.0 Å². The van der Waals surface area contributed by atoms with E-state index in [1.807, 2.05) is 6.07 Å². The summed E-state index contributed by atoms with van der Waals surface area (Å²) >= 11 is 0. The van der Waals surface area contributed by atoms with Crippen LogP contribution in [0.2, 0.25) is 0 Å². The smallest absolute Gasteiger partial charge is 0.148 e. The minimum absolute atomic E-state index is 0.0130. The highest BCUT2D eigenvalue weighted by atomic mass is 19.1. The van der Waals surface area contributed by atoms with Crippen LogP contribution in [-0.2, 0) is 4.74 Å². The number of piperidine rings is 1. The summed E-state index contributed by atoms with van der Waals surface area (Å²) in [6.07, 6.45) is 2.58. The van der Waals surface area contributed by atoms with E-state index >= 15 is 0 Å². The third kappa shape index (κ3) is 4.12. The van der Waals surface area contributed by atoms with Crippen LogP contribution in [0.5, 0.6) is 5.75 Å². The third-order valence-electron chi connectivity index (χ3n) is 7.07. The number of nitrogen functional groups attached to an aromatic ring is 1. The predicted molar refractivity (Wildman–Crippen MR) is 139 cm³/mol. The number of anilines is 2. The van der Waals surface area contributed by atoms with Crippen molar-refractivity contribution in [3.63, 3.8) is 0 Å². The topological polar surface area (TPSA) is 125 Å². The van der Waals surface area contributed by atoms with E-state index in [2.05, 4.69) is 26.3 Å². The molecule has 2 aromatic carbocycles. The second kappa shape index (κ2) is 9.35. The number of fused-ring (bicyclic) bond motifs is 2. The molecule has 4 N–H and O–H groups in total. The number of aromatic nitrogens is 3. The molecule has 2 atom stereocenters. The van der Waals surface area contributed by atoms with E-state index in [-0.39, 0.29) is 18.0 Å². The molecule has 0 aliphatic carbocycles. The van der Waals surface area contributed by atoms with Crippen LogP contribution in [0.25, 0.3) is 33.5 Å². The lowest BCUT2D eigenvalue weighted by atomic mass is 9.95. The number of benzene rings is 2. The highest BCUT2D eigenvalue weighted by Gasteiger charge is 2.35. The molecule has 10 heteroatoms. The van der Waals surface area contributed by atoms with Gasteiger partial charge in [-0.05, 0) is 30.2 Å². The zero-order valence-corrected chi connectivity index (χ0v) is 20.3. The van der Waals surface area contributed by atoms with Gasteiger partial charge in [0.1, 0.15) is 28.7 Å². The largest absolute Gasteiger partial charge is 0.494 e. The van der Waals surface area contributed by atoms with Crippen molar-refractivity contribution in [2.45, 2.75) is 18.6 Å². The Morgan fingerprint density at radius 3 is 3.00 bits per heavy atom. The van der Waals surface area contributed by atoms with Gasteiger partial charge in [-0.3, -0.25) is 0 Å². The van der Waals surface area contributed by atoms with Crippen molar-refractivity contribution >= 4 is 22.5 Å². The Morgan fingerprint density at radius 1 is 1.30 bits per heavy atom. The summed E-state index contributed by atoms with van der Waals surface area (Å²) in [5, 5.41) is 13.0. The van der Waals surface area contributed by atoms with Crippen LogP contribution in [0.4, 0.5) is 15.9 Å². The number of aromatic amines is 1. The number of methoxy groups -OCH3 is 1. The van der Waals surface area contributed by atoms with Crippen LogP contribution in [0.1, 0.15) is 12.0 Å². The van der Waals surface area contributed by atoms with Gasteiger partial charge in [0.25, 0.3) is 0 Å². The lowest BCUT2D eigenvalue weighted by Gasteiger charge is -2.43. The number of morpholine rings is 1. The minimum atomic E-state index is -0.335. The maximum absolute atomic E-state index is 14.3. The van der Waals surface area contributed by atoms with Crippen molar-refractivity contribution in [2.24, 2.45) is 0 Å². The summed E-state index contributed by atoms with van der Waals surface area (Å²) in [6, 6.07) is 12.3. The van der Waals surface area contributed by atoms with Crippen molar-refractivity contribution in [2.75, 3.05) is 44.0 Å². The fourth-order valence-electron chi connectivity index (χ4n) is 5.35. The zero-order valence-electron chi connectivity index (χ0n) is 20.3. The second-order valence-corrected chi connectivity index (χ2v) is 9.27. The molecule has 188 valence electrons. The first-order chi connectivity index (χ1) is 18.1. The number of halogens is 1. The fourth-order valence-corrected chi connectivity index (χ4v) is 5.35. The lowest BCUT2D eigenvalue weighted by Crippen LogP contribution is -2.58. The maximum Gasteiger partial charge on any atom is 0.148 e. The molecular formula is C27H26FN7O2. The Bertz CT molecular complexity index is 1530. The number of nitriles is 1. The molecule has 2 aliphatic heterocycles. The van der Waals surface area contributed by atoms with Gasteiger partial charge in [0.2, 0.25) is 0 Å². The van der Waals surface area contributed by atoms with E-state index in [4.69, 9.17) is 20.2 Å². The Morgan fingerprint density at radius 2 is 2.19 bits per heavy atom. The van der Waals surface area contributed by atoms with Gasteiger partial charge in [-0.2, -0.15) is 5.26 Å². The number of pyridine rings is 1. The number of imidazole rings is 1. The van der Waals surface area contributed by atoms with E-state index in [0.29, 0.717) is 58.3 Å². The fraction of sp³-hybridized carbons (Fsp3) is 0.296. The van der Waals surface area contributed by atoms with Gasteiger partial charge in [-0.1, -0.05) is 12.1 Å². The molecule has 9 nitrogen and oxygen atoms in total. The van der Waals surface area contributed by atoms with E-state index < -0.39 is 0 Å². The molecule has 0 amide bonds. The zero-order chi connectivity index (χ0) is 25.5. The number of ether oxygens (including phenoxy) is 2. The van der Waals surface area contributed by atoms with Crippen LogP contribution >= 0.6 is 0 Å². The van der Waals surface area contributed by atoms with Crippen molar-refractivity contribution in [3.8, 4) is 34.3 Å². The molecule has 2 fully saturated rings. The number of H-pyrrole nitrogens is 1. The normalized spacial score (nSPS) is 19.4. The molecule has 0 unspecified atom stereocenters. The Labute approximate surface area is 213 Å². The van der Waals surface area contributed by atoms with Crippen molar-refractivity contribution < 1.29 is 13.9 Å². The van der Waals surface area contributed by atoms with Crippen LogP contribution in [0.15, 0.2) is 42.6 Å². The number of nitrogens with one attached hydrogen (secondary N) is 2. The second-order valence-electron chi connectivity index (χ2n) is 9.27. The molecule has 4 heterocycles. The Balaban J connectivity index is 1.56. The van der Waals surface area contributed by atoms with Crippen LogP contribution in [-0.4, -0.2) is 60.4 Å². The van der Waals surface area contributed by atoms with Gasteiger partial charge in [0.05, 0.1) is 48.2 Å². The van der Waals surface area contributed by atoms with Gasteiger partial charge < -0.3 is 30.4 Å². The lowest BCUT2D eigenvalue weighted by molar-refractivity contribution is -0.00899. The molecule has 0 radical (unpaired) electrons. The Kier molecular flexibility index (Phi) is 5.87. The molecule has 37 heavy (non-hydrogen) atoms. The molecule has 2 aromatic heterocycles. The highest BCUT2D eigenvalue weighted by molar-refractivity contribution is 5.96. The van der Waals surface area contributed by atoms with E-state index in [0.717, 1.165) is 30.8 Å². The van der Waals surface area contributed by atoms with E-state index in [9.17, 15) is 9.65 Å².